The topological polar surface area (TPSA) is 83.3 Å². The van der Waals surface area contributed by atoms with E-state index >= 15 is 0 Å². The van der Waals surface area contributed by atoms with Gasteiger partial charge in [0, 0.05) is 6.07 Å². The Morgan fingerprint density at radius 2 is 1.60 bits per heavy atom. The van der Waals surface area contributed by atoms with E-state index in [4.69, 9.17) is 21.1 Å². The quantitative estimate of drug-likeness (QED) is 0.574. The minimum atomic E-state index is -3.85. The standard InChI is InChI=1S/C21H24ClN3O4S/c1-13-20(30(26,27)15-9-7-14(8-10-15)21(2,3)4)23-24-25(13)17-11-16(22)18(28-5)12-19(17)29-6/h7-12H,1-6H3. The maximum atomic E-state index is 13.2. The molecule has 0 aliphatic rings. The highest BCUT2D eigenvalue weighted by molar-refractivity contribution is 7.91. The molecule has 160 valence electrons. The summed E-state index contributed by atoms with van der Waals surface area (Å²) in [5.74, 6) is 0.851. The first-order valence-electron chi connectivity index (χ1n) is 9.20. The maximum Gasteiger partial charge on any atom is 0.227 e. The number of sulfone groups is 1. The molecule has 3 aromatic rings. The molecule has 30 heavy (non-hydrogen) atoms. The van der Waals surface area contributed by atoms with Crippen LogP contribution in [-0.4, -0.2) is 37.6 Å². The molecule has 0 N–H and O–H groups in total. The van der Waals surface area contributed by atoms with Crippen molar-refractivity contribution in [1.82, 2.24) is 15.0 Å². The zero-order valence-electron chi connectivity index (χ0n) is 17.7. The maximum absolute atomic E-state index is 13.2. The predicted molar refractivity (Wildman–Crippen MR) is 115 cm³/mol. The molecule has 0 aliphatic carbocycles. The van der Waals surface area contributed by atoms with Gasteiger partial charge in [-0.15, -0.1) is 5.10 Å². The molecule has 2 aromatic carbocycles. The van der Waals surface area contributed by atoms with Gasteiger partial charge in [0.2, 0.25) is 14.9 Å². The van der Waals surface area contributed by atoms with Gasteiger partial charge in [0.25, 0.3) is 0 Å². The molecule has 0 unspecified atom stereocenters. The van der Waals surface area contributed by atoms with Crippen molar-refractivity contribution in [2.75, 3.05) is 14.2 Å². The lowest BCUT2D eigenvalue weighted by atomic mass is 9.87. The Morgan fingerprint density at radius 3 is 2.13 bits per heavy atom. The summed E-state index contributed by atoms with van der Waals surface area (Å²) in [6.07, 6.45) is 0. The fourth-order valence-electron chi connectivity index (χ4n) is 3.05. The minimum absolute atomic E-state index is 0.0778. The van der Waals surface area contributed by atoms with Gasteiger partial charge in [-0.25, -0.2) is 13.1 Å². The predicted octanol–water partition coefficient (Wildman–Crippen LogP) is 4.38. The number of ether oxygens (including phenoxy) is 2. The normalized spacial score (nSPS) is 12.1. The third-order valence-electron chi connectivity index (χ3n) is 4.82. The molecule has 9 heteroatoms. The fourth-order valence-corrected chi connectivity index (χ4v) is 4.62. The van der Waals surface area contributed by atoms with Crippen LogP contribution in [0.15, 0.2) is 46.3 Å². The molecule has 7 nitrogen and oxygen atoms in total. The number of rotatable bonds is 5. The first kappa shape index (κ1) is 22.1. The van der Waals surface area contributed by atoms with E-state index in [1.807, 2.05) is 12.1 Å². The van der Waals surface area contributed by atoms with Crippen LogP contribution < -0.4 is 9.47 Å². The lowest BCUT2D eigenvalue weighted by molar-refractivity contribution is 0.392. The molecular weight excluding hydrogens is 426 g/mol. The number of hydrogen-bond donors (Lipinski definition) is 0. The van der Waals surface area contributed by atoms with Crippen molar-refractivity contribution in [2.24, 2.45) is 0 Å². The van der Waals surface area contributed by atoms with Gasteiger partial charge in [0.1, 0.15) is 17.2 Å². The third-order valence-corrected chi connectivity index (χ3v) is 6.89. The van der Waals surface area contributed by atoms with Crippen molar-refractivity contribution in [1.29, 1.82) is 0 Å². The van der Waals surface area contributed by atoms with E-state index in [2.05, 4.69) is 31.1 Å². The van der Waals surface area contributed by atoms with E-state index < -0.39 is 9.84 Å². The first-order valence-corrected chi connectivity index (χ1v) is 11.1. The molecule has 0 saturated heterocycles. The average Bonchev–Trinajstić information content (AvgIpc) is 3.09. The van der Waals surface area contributed by atoms with Gasteiger partial charge >= 0.3 is 0 Å². The highest BCUT2D eigenvalue weighted by Crippen LogP contribution is 2.36. The number of aromatic nitrogens is 3. The van der Waals surface area contributed by atoms with Crippen LogP contribution in [0.4, 0.5) is 0 Å². The molecule has 0 atom stereocenters. The van der Waals surface area contributed by atoms with Gasteiger partial charge in [-0.05, 0) is 36.1 Å². The SMILES string of the molecule is COc1cc(OC)c(-n2nnc(S(=O)(=O)c3ccc(C(C)(C)C)cc3)c2C)cc1Cl. The Hall–Kier alpha value is -2.58. The van der Waals surface area contributed by atoms with Crippen LogP contribution in [0.2, 0.25) is 5.02 Å². The van der Waals surface area contributed by atoms with Gasteiger partial charge in [0.05, 0.1) is 29.8 Å². The summed E-state index contributed by atoms with van der Waals surface area (Å²) in [4.78, 5) is 0.158. The Labute approximate surface area is 181 Å². The van der Waals surface area contributed by atoms with Gasteiger partial charge < -0.3 is 9.47 Å². The summed E-state index contributed by atoms with van der Waals surface area (Å²) in [7, 11) is -0.865. The van der Waals surface area contributed by atoms with E-state index in [1.54, 1.807) is 31.2 Å². The van der Waals surface area contributed by atoms with Crippen molar-refractivity contribution < 1.29 is 17.9 Å². The number of methoxy groups -OCH3 is 2. The van der Waals surface area contributed by atoms with Crippen LogP contribution in [0.3, 0.4) is 0 Å². The van der Waals surface area contributed by atoms with Crippen molar-refractivity contribution in [3.05, 3.63) is 52.7 Å². The zero-order valence-corrected chi connectivity index (χ0v) is 19.3. The van der Waals surface area contributed by atoms with E-state index in [0.29, 0.717) is 27.9 Å². The summed E-state index contributed by atoms with van der Waals surface area (Å²) < 4.78 is 38.4. The van der Waals surface area contributed by atoms with Crippen molar-refractivity contribution in [2.45, 2.75) is 43.0 Å². The summed E-state index contributed by atoms with van der Waals surface area (Å²) in [6.45, 7) is 7.84. The molecule has 0 fully saturated rings. The lowest BCUT2D eigenvalue weighted by Gasteiger charge is -2.19. The van der Waals surface area contributed by atoms with Crippen LogP contribution in [0.25, 0.3) is 5.69 Å². The molecule has 1 aromatic heterocycles. The molecule has 3 rings (SSSR count). The third kappa shape index (κ3) is 3.89. The molecule has 0 bridgehead atoms. The lowest BCUT2D eigenvalue weighted by Crippen LogP contribution is -2.12. The molecule has 1 heterocycles. The first-order chi connectivity index (χ1) is 14.0. The number of benzene rings is 2. The largest absolute Gasteiger partial charge is 0.495 e. The van der Waals surface area contributed by atoms with E-state index in [0.717, 1.165) is 5.56 Å². The van der Waals surface area contributed by atoms with E-state index in [1.165, 1.54) is 18.9 Å². The Kier molecular flexibility index (Phi) is 5.84. The molecular formula is C21H24ClN3O4S. The van der Waals surface area contributed by atoms with Gasteiger partial charge in [-0.1, -0.05) is 49.7 Å². The van der Waals surface area contributed by atoms with Crippen molar-refractivity contribution in [3.63, 3.8) is 0 Å². The van der Waals surface area contributed by atoms with Crippen LogP contribution in [-0.2, 0) is 15.3 Å². The number of hydrogen-bond acceptors (Lipinski definition) is 6. The summed E-state index contributed by atoms with van der Waals surface area (Å²) in [5, 5.41) is 8.22. The Bertz CT molecular complexity index is 1180. The second-order valence-electron chi connectivity index (χ2n) is 7.83. The summed E-state index contributed by atoms with van der Waals surface area (Å²) in [6, 6.07) is 10.0. The minimum Gasteiger partial charge on any atom is -0.495 e. The highest BCUT2D eigenvalue weighted by Gasteiger charge is 2.27. The molecule has 0 spiro atoms. The number of nitrogens with zero attached hydrogens (tertiary/aromatic N) is 3. The Morgan fingerprint density at radius 1 is 1.00 bits per heavy atom. The van der Waals surface area contributed by atoms with Crippen LogP contribution in [0.1, 0.15) is 32.0 Å². The van der Waals surface area contributed by atoms with Crippen molar-refractivity contribution in [3.8, 4) is 17.2 Å². The number of halogens is 1. The van der Waals surface area contributed by atoms with Crippen LogP contribution >= 0.6 is 11.6 Å². The second kappa shape index (κ2) is 7.92. The molecule has 0 aliphatic heterocycles. The molecule has 0 saturated carbocycles. The second-order valence-corrected chi connectivity index (χ2v) is 10.1. The van der Waals surface area contributed by atoms with Crippen molar-refractivity contribution >= 4 is 21.4 Å². The van der Waals surface area contributed by atoms with E-state index in [-0.39, 0.29) is 15.3 Å². The van der Waals surface area contributed by atoms with E-state index in [9.17, 15) is 8.42 Å². The smallest absolute Gasteiger partial charge is 0.227 e. The van der Waals surface area contributed by atoms with Gasteiger partial charge in [-0.3, -0.25) is 0 Å². The summed E-state index contributed by atoms with van der Waals surface area (Å²) in [5.41, 5.74) is 1.76. The monoisotopic (exact) mass is 449 g/mol. The fraction of sp³-hybridized carbons (Fsp3) is 0.333. The summed E-state index contributed by atoms with van der Waals surface area (Å²) >= 11 is 6.24. The molecule has 0 radical (unpaired) electrons. The van der Waals surface area contributed by atoms with Gasteiger partial charge in [0.15, 0.2) is 0 Å². The average molecular weight is 450 g/mol. The van der Waals surface area contributed by atoms with Crippen LogP contribution in [0.5, 0.6) is 11.5 Å². The van der Waals surface area contributed by atoms with Crippen LogP contribution in [0, 0.1) is 6.92 Å². The van der Waals surface area contributed by atoms with Gasteiger partial charge in [-0.2, -0.15) is 0 Å². The molecule has 0 amide bonds. The highest BCUT2D eigenvalue weighted by atomic mass is 35.5. The Balaban J connectivity index is 2.08. The zero-order chi connectivity index (χ0) is 22.3.